The SMILES string of the molecule is OC[C@@H]1N[C@@H](c2ccccc2)OC1c1ccccc1. The summed E-state index contributed by atoms with van der Waals surface area (Å²) in [5.41, 5.74) is 2.17. The number of rotatable bonds is 3. The summed E-state index contributed by atoms with van der Waals surface area (Å²) in [6, 6.07) is 20.0. The van der Waals surface area contributed by atoms with Gasteiger partial charge in [-0.1, -0.05) is 60.7 Å². The molecule has 3 heteroatoms. The fourth-order valence-electron chi connectivity index (χ4n) is 2.47. The lowest BCUT2D eigenvalue weighted by Gasteiger charge is -2.15. The molecule has 19 heavy (non-hydrogen) atoms. The molecular weight excluding hydrogens is 238 g/mol. The van der Waals surface area contributed by atoms with Crippen LogP contribution in [0.1, 0.15) is 23.5 Å². The summed E-state index contributed by atoms with van der Waals surface area (Å²) >= 11 is 0. The van der Waals surface area contributed by atoms with E-state index in [0.29, 0.717) is 0 Å². The summed E-state index contributed by atoms with van der Waals surface area (Å²) in [7, 11) is 0. The Balaban J connectivity index is 1.83. The number of hydrogen-bond donors (Lipinski definition) is 2. The first-order valence-corrected chi connectivity index (χ1v) is 6.51. The maximum absolute atomic E-state index is 9.52. The van der Waals surface area contributed by atoms with E-state index in [4.69, 9.17) is 4.74 Å². The Bertz CT molecular complexity index is 515. The van der Waals surface area contributed by atoms with Crippen LogP contribution in [0.5, 0.6) is 0 Å². The third-order valence-corrected chi connectivity index (χ3v) is 3.44. The second-order valence-corrected chi connectivity index (χ2v) is 4.71. The van der Waals surface area contributed by atoms with Crippen molar-refractivity contribution in [2.24, 2.45) is 0 Å². The van der Waals surface area contributed by atoms with Crippen molar-refractivity contribution in [2.45, 2.75) is 18.4 Å². The van der Waals surface area contributed by atoms with Crippen LogP contribution in [0.2, 0.25) is 0 Å². The zero-order chi connectivity index (χ0) is 13.1. The number of benzene rings is 2. The highest BCUT2D eigenvalue weighted by molar-refractivity contribution is 5.23. The van der Waals surface area contributed by atoms with Crippen LogP contribution in [0, 0.1) is 0 Å². The van der Waals surface area contributed by atoms with Gasteiger partial charge in [-0.3, -0.25) is 5.32 Å². The van der Waals surface area contributed by atoms with Gasteiger partial charge < -0.3 is 9.84 Å². The maximum Gasteiger partial charge on any atom is 0.135 e. The van der Waals surface area contributed by atoms with Crippen LogP contribution in [-0.2, 0) is 4.74 Å². The maximum atomic E-state index is 9.52. The second-order valence-electron chi connectivity index (χ2n) is 4.71. The van der Waals surface area contributed by atoms with E-state index in [9.17, 15) is 5.11 Å². The van der Waals surface area contributed by atoms with Crippen LogP contribution in [0.15, 0.2) is 60.7 Å². The fourth-order valence-corrected chi connectivity index (χ4v) is 2.47. The highest BCUT2D eigenvalue weighted by Gasteiger charge is 2.35. The Morgan fingerprint density at radius 1 is 0.895 bits per heavy atom. The topological polar surface area (TPSA) is 41.5 Å². The van der Waals surface area contributed by atoms with Crippen molar-refractivity contribution >= 4 is 0 Å². The molecule has 0 bridgehead atoms. The van der Waals surface area contributed by atoms with E-state index in [1.807, 2.05) is 60.7 Å². The molecule has 0 spiro atoms. The smallest absolute Gasteiger partial charge is 0.135 e. The van der Waals surface area contributed by atoms with E-state index in [2.05, 4.69) is 5.32 Å². The molecule has 0 aliphatic carbocycles. The number of aliphatic hydroxyl groups excluding tert-OH is 1. The van der Waals surface area contributed by atoms with Crippen LogP contribution >= 0.6 is 0 Å². The minimum absolute atomic E-state index is 0.0584. The van der Waals surface area contributed by atoms with Crippen LogP contribution in [0.4, 0.5) is 0 Å². The minimum Gasteiger partial charge on any atom is -0.395 e. The first kappa shape index (κ1) is 12.4. The number of aliphatic hydroxyl groups is 1. The average molecular weight is 255 g/mol. The van der Waals surface area contributed by atoms with Gasteiger partial charge in [-0.15, -0.1) is 0 Å². The highest BCUT2D eigenvalue weighted by Crippen LogP contribution is 2.34. The van der Waals surface area contributed by atoms with Crippen molar-refractivity contribution in [1.29, 1.82) is 0 Å². The van der Waals surface area contributed by atoms with Crippen molar-refractivity contribution in [2.75, 3.05) is 6.61 Å². The zero-order valence-corrected chi connectivity index (χ0v) is 10.6. The van der Waals surface area contributed by atoms with Gasteiger partial charge in [0.05, 0.1) is 12.6 Å². The molecule has 1 saturated heterocycles. The normalized spacial score (nSPS) is 26.5. The predicted octanol–water partition coefficient (Wildman–Crippen LogP) is 2.41. The van der Waals surface area contributed by atoms with E-state index < -0.39 is 0 Å². The first-order chi connectivity index (χ1) is 9.38. The molecule has 2 aromatic rings. The Morgan fingerprint density at radius 3 is 2.05 bits per heavy atom. The van der Waals surface area contributed by atoms with E-state index in [1.165, 1.54) is 0 Å². The summed E-state index contributed by atoms with van der Waals surface area (Å²) in [5, 5.41) is 12.9. The molecule has 0 saturated carbocycles. The molecule has 3 atom stereocenters. The van der Waals surface area contributed by atoms with Crippen molar-refractivity contribution in [3.8, 4) is 0 Å². The number of nitrogens with one attached hydrogen (secondary N) is 1. The number of hydrogen-bond acceptors (Lipinski definition) is 3. The van der Waals surface area contributed by atoms with Crippen molar-refractivity contribution in [3.63, 3.8) is 0 Å². The standard InChI is InChI=1S/C16H17NO2/c18-11-14-15(12-7-3-1-4-8-12)19-16(17-14)13-9-5-2-6-10-13/h1-10,14-18H,11H2/t14-,15?,16+/m0/s1. The van der Waals surface area contributed by atoms with Gasteiger partial charge in [0, 0.05) is 0 Å². The van der Waals surface area contributed by atoms with Crippen molar-refractivity contribution < 1.29 is 9.84 Å². The Labute approximate surface area is 112 Å². The van der Waals surface area contributed by atoms with Gasteiger partial charge in [-0.05, 0) is 11.1 Å². The predicted molar refractivity (Wildman–Crippen MR) is 73.5 cm³/mol. The molecule has 3 nitrogen and oxygen atoms in total. The van der Waals surface area contributed by atoms with Crippen molar-refractivity contribution in [1.82, 2.24) is 5.32 Å². The molecule has 2 N–H and O–H groups in total. The van der Waals surface area contributed by atoms with Gasteiger partial charge in [0.2, 0.25) is 0 Å². The average Bonchev–Trinajstić information content (AvgIpc) is 2.93. The van der Waals surface area contributed by atoms with Gasteiger partial charge in [0.15, 0.2) is 0 Å². The lowest BCUT2D eigenvalue weighted by Crippen LogP contribution is -2.30. The van der Waals surface area contributed by atoms with Crippen LogP contribution in [0.3, 0.4) is 0 Å². The highest BCUT2D eigenvalue weighted by atomic mass is 16.5. The van der Waals surface area contributed by atoms with Gasteiger partial charge in [0.1, 0.15) is 12.3 Å². The molecule has 2 aromatic carbocycles. The lowest BCUT2D eigenvalue weighted by molar-refractivity contribution is 0.0318. The van der Waals surface area contributed by atoms with Crippen LogP contribution < -0.4 is 5.32 Å². The molecule has 1 fully saturated rings. The first-order valence-electron chi connectivity index (χ1n) is 6.51. The molecule has 0 radical (unpaired) electrons. The van der Waals surface area contributed by atoms with Gasteiger partial charge >= 0.3 is 0 Å². The quantitative estimate of drug-likeness (QED) is 0.885. The molecule has 98 valence electrons. The summed E-state index contributed by atoms with van der Waals surface area (Å²) in [6.45, 7) is 0.0584. The Hall–Kier alpha value is -1.68. The molecule has 1 unspecified atom stereocenters. The zero-order valence-electron chi connectivity index (χ0n) is 10.6. The Morgan fingerprint density at radius 2 is 1.47 bits per heavy atom. The molecule has 1 heterocycles. The van der Waals surface area contributed by atoms with Gasteiger partial charge in [0.25, 0.3) is 0 Å². The molecule has 3 rings (SSSR count). The van der Waals surface area contributed by atoms with E-state index in [0.717, 1.165) is 11.1 Å². The summed E-state index contributed by atoms with van der Waals surface area (Å²) < 4.78 is 6.07. The van der Waals surface area contributed by atoms with Gasteiger partial charge in [-0.2, -0.15) is 0 Å². The summed E-state index contributed by atoms with van der Waals surface area (Å²) in [6.07, 6.45) is -0.278. The van der Waals surface area contributed by atoms with Gasteiger partial charge in [-0.25, -0.2) is 0 Å². The van der Waals surface area contributed by atoms with E-state index in [1.54, 1.807) is 0 Å². The van der Waals surface area contributed by atoms with E-state index in [-0.39, 0.29) is 25.0 Å². The Kier molecular flexibility index (Phi) is 3.60. The molecular formula is C16H17NO2. The molecule has 0 aromatic heterocycles. The molecule has 1 aliphatic rings. The fraction of sp³-hybridized carbons (Fsp3) is 0.250. The van der Waals surface area contributed by atoms with Crippen molar-refractivity contribution in [3.05, 3.63) is 71.8 Å². The van der Waals surface area contributed by atoms with Crippen LogP contribution in [0.25, 0.3) is 0 Å². The third-order valence-electron chi connectivity index (χ3n) is 3.44. The summed E-state index contributed by atoms with van der Waals surface area (Å²) in [5.74, 6) is 0. The molecule has 0 amide bonds. The minimum atomic E-state index is -0.163. The molecule has 1 aliphatic heterocycles. The third kappa shape index (κ3) is 2.54. The second kappa shape index (κ2) is 5.53. The van der Waals surface area contributed by atoms with Crippen LogP contribution in [-0.4, -0.2) is 17.8 Å². The summed E-state index contributed by atoms with van der Waals surface area (Å²) in [4.78, 5) is 0. The monoisotopic (exact) mass is 255 g/mol. The largest absolute Gasteiger partial charge is 0.395 e. The number of ether oxygens (including phenoxy) is 1. The van der Waals surface area contributed by atoms with E-state index >= 15 is 0 Å². The lowest BCUT2D eigenvalue weighted by atomic mass is 10.0.